The molecule has 0 aromatic carbocycles. The quantitative estimate of drug-likeness (QED) is 0.636. The molecule has 1 saturated carbocycles. The fourth-order valence-electron chi connectivity index (χ4n) is 2.13. The van der Waals surface area contributed by atoms with Crippen molar-refractivity contribution in [2.75, 3.05) is 20.2 Å². The van der Waals surface area contributed by atoms with E-state index in [1.54, 1.807) is 7.11 Å². The molecule has 1 amide bonds. The molecule has 2 rings (SSSR count). The second kappa shape index (κ2) is 3.29. The van der Waals surface area contributed by atoms with Gasteiger partial charge in [-0.1, -0.05) is 6.92 Å². The third-order valence-corrected chi connectivity index (χ3v) is 3.22. The van der Waals surface area contributed by atoms with Crippen LogP contribution < -0.4 is 0 Å². The first kappa shape index (κ1) is 9.00. The van der Waals surface area contributed by atoms with Crippen LogP contribution in [-0.4, -0.2) is 37.1 Å². The highest BCUT2D eigenvalue weighted by Gasteiger charge is 2.39. The van der Waals surface area contributed by atoms with E-state index < -0.39 is 0 Å². The van der Waals surface area contributed by atoms with Gasteiger partial charge in [-0.05, 0) is 18.8 Å². The summed E-state index contributed by atoms with van der Waals surface area (Å²) in [6, 6.07) is 0. The second-order valence-corrected chi connectivity index (χ2v) is 4.37. The molecule has 1 aliphatic carbocycles. The van der Waals surface area contributed by atoms with Gasteiger partial charge in [0.05, 0.1) is 6.10 Å². The van der Waals surface area contributed by atoms with E-state index in [1.807, 2.05) is 4.90 Å². The first-order valence-corrected chi connectivity index (χ1v) is 5.02. The summed E-state index contributed by atoms with van der Waals surface area (Å²) in [5.74, 6) is 1.44. The standard InChI is InChI=1S/C10H17NO2/c1-7-3-8(4-7)10(12)11-5-9(6-11)13-2/h7-9H,3-6H2,1-2H3. The van der Waals surface area contributed by atoms with Crippen molar-refractivity contribution in [2.24, 2.45) is 11.8 Å². The van der Waals surface area contributed by atoms with E-state index in [0.717, 1.165) is 31.8 Å². The van der Waals surface area contributed by atoms with E-state index in [4.69, 9.17) is 4.74 Å². The number of hydrogen-bond donors (Lipinski definition) is 0. The van der Waals surface area contributed by atoms with Crippen LogP contribution in [0.25, 0.3) is 0 Å². The van der Waals surface area contributed by atoms with Gasteiger partial charge in [-0.2, -0.15) is 0 Å². The number of rotatable bonds is 2. The van der Waals surface area contributed by atoms with Crippen molar-refractivity contribution in [2.45, 2.75) is 25.9 Å². The van der Waals surface area contributed by atoms with Crippen molar-refractivity contribution in [1.82, 2.24) is 4.90 Å². The number of likely N-dealkylation sites (tertiary alicyclic amines) is 1. The molecule has 0 aromatic heterocycles. The van der Waals surface area contributed by atoms with E-state index in [9.17, 15) is 4.79 Å². The zero-order chi connectivity index (χ0) is 9.42. The Morgan fingerprint density at radius 2 is 2.00 bits per heavy atom. The first-order valence-electron chi connectivity index (χ1n) is 5.02. The molecule has 0 spiro atoms. The number of hydrogen-bond acceptors (Lipinski definition) is 2. The van der Waals surface area contributed by atoms with E-state index in [1.165, 1.54) is 0 Å². The monoisotopic (exact) mass is 183 g/mol. The van der Waals surface area contributed by atoms with Crippen LogP contribution in [-0.2, 0) is 9.53 Å². The summed E-state index contributed by atoms with van der Waals surface area (Å²) < 4.78 is 5.13. The highest BCUT2D eigenvalue weighted by atomic mass is 16.5. The summed E-state index contributed by atoms with van der Waals surface area (Å²) in [7, 11) is 1.71. The van der Waals surface area contributed by atoms with Crippen LogP contribution in [0.15, 0.2) is 0 Å². The average Bonchev–Trinajstić information content (AvgIpc) is 1.96. The molecule has 1 aliphatic heterocycles. The summed E-state index contributed by atoms with van der Waals surface area (Å²) in [4.78, 5) is 13.6. The predicted molar refractivity (Wildman–Crippen MR) is 49.3 cm³/mol. The highest BCUT2D eigenvalue weighted by Crippen LogP contribution is 2.35. The van der Waals surface area contributed by atoms with Crippen LogP contribution >= 0.6 is 0 Å². The molecule has 74 valence electrons. The maximum Gasteiger partial charge on any atom is 0.225 e. The Bertz CT molecular complexity index is 205. The van der Waals surface area contributed by atoms with Crippen molar-refractivity contribution in [3.8, 4) is 0 Å². The van der Waals surface area contributed by atoms with Gasteiger partial charge in [0.25, 0.3) is 0 Å². The molecule has 13 heavy (non-hydrogen) atoms. The lowest BCUT2D eigenvalue weighted by Gasteiger charge is -2.43. The minimum absolute atomic E-state index is 0.293. The van der Waals surface area contributed by atoms with E-state index in [2.05, 4.69) is 6.92 Å². The van der Waals surface area contributed by atoms with Gasteiger partial charge in [-0.3, -0.25) is 4.79 Å². The lowest BCUT2D eigenvalue weighted by molar-refractivity contribution is -0.151. The molecule has 0 radical (unpaired) electrons. The molecule has 0 bridgehead atoms. The molecule has 3 heteroatoms. The molecule has 1 heterocycles. The van der Waals surface area contributed by atoms with Gasteiger partial charge in [-0.15, -0.1) is 0 Å². The maximum atomic E-state index is 11.7. The SMILES string of the molecule is COC1CN(C(=O)C2CC(C)C2)C1. The van der Waals surface area contributed by atoms with Crippen LogP contribution in [0.5, 0.6) is 0 Å². The van der Waals surface area contributed by atoms with E-state index in [-0.39, 0.29) is 0 Å². The zero-order valence-electron chi connectivity index (χ0n) is 8.32. The Kier molecular flexibility index (Phi) is 2.28. The number of methoxy groups -OCH3 is 1. The summed E-state index contributed by atoms with van der Waals surface area (Å²) in [6.45, 7) is 3.82. The van der Waals surface area contributed by atoms with Crippen molar-refractivity contribution in [3.05, 3.63) is 0 Å². The van der Waals surface area contributed by atoms with Gasteiger partial charge in [0.1, 0.15) is 0 Å². The molecule has 2 fully saturated rings. The summed E-state index contributed by atoms with van der Waals surface area (Å²) in [6.07, 6.45) is 2.47. The van der Waals surface area contributed by atoms with E-state index in [0.29, 0.717) is 17.9 Å². The van der Waals surface area contributed by atoms with E-state index >= 15 is 0 Å². The molecule has 2 aliphatic rings. The number of ether oxygens (including phenoxy) is 1. The van der Waals surface area contributed by atoms with Crippen LogP contribution in [0.1, 0.15) is 19.8 Å². The summed E-state index contributed by atoms with van der Waals surface area (Å²) in [5, 5.41) is 0. The average molecular weight is 183 g/mol. The molecule has 1 saturated heterocycles. The lowest BCUT2D eigenvalue weighted by Crippen LogP contribution is -2.57. The fraction of sp³-hybridized carbons (Fsp3) is 0.900. The Labute approximate surface area is 79.0 Å². The van der Waals surface area contributed by atoms with Crippen LogP contribution in [0.3, 0.4) is 0 Å². The molecule has 0 unspecified atom stereocenters. The molecule has 0 atom stereocenters. The molecular weight excluding hydrogens is 166 g/mol. The topological polar surface area (TPSA) is 29.5 Å². The minimum atomic E-state index is 0.293. The molecule has 3 nitrogen and oxygen atoms in total. The third-order valence-electron chi connectivity index (χ3n) is 3.22. The third kappa shape index (κ3) is 1.57. The summed E-state index contributed by atoms with van der Waals surface area (Å²) in [5.41, 5.74) is 0. The highest BCUT2D eigenvalue weighted by molar-refractivity contribution is 5.80. The van der Waals surface area contributed by atoms with Gasteiger partial charge in [-0.25, -0.2) is 0 Å². The second-order valence-electron chi connectivity index (χ2n) is 4.37. The van der Waals surface area contributed by atoms with Gasteiger partial charge in [0.15, 0.2) is 0 Å². The Balaban J connectivity index is 1.74. The number of nitrogens with zero attached hydrogens (tertiary/aromatic N) is 1. The number of amides is 1. The minimum Gasteiger partial charge on any atom is -0.378 e. The number of carbonyl (C=O) groups excluding carboxylic acids is 1. The molecule has 0 aromatic rings. The molecular formula is C10H17NO2. The van der Waals surface area contributed by atoms with Crippen LogP contribution in [0, 0.1) is 11.8 Å². The smallest absolute Gasteiger partial charge is 0.225 e. The van der Waals surface area contributed by atoms with Gasteiger partial charge in [0.2, 0.25) is 5.91 Å². The number of carbonyl (C=O) groups is 1. The maximum absolute atomic E-state index is 11.7. The van der Waals surface area contributed by atoms with Gasteiger partial charge in [0, 0.05) is 26.1 Å². The van der Waals surface area contributed by atoms with Gasteiger partial charge >= 0.3 is 0 Å². The summed E-state index contributed by atoms with van der Waals surface area (Å²) >= 11 is 0. The van der Waals surface area contributed by atoms with Crippen molar-refractivity contribution in [1.29, 1.82) is 0 Å². The fourth-order valence-corrected chi connectivity index (χ4v) is 2.13. The lowest BCUT2D eigenvalue weighted by atomic mass is 9.75. The Hall–Kier alpha value is -0.570. The zero-order valence-corrected chi connectivity index (χ0v) is 8.32. The Morgan fingerprint density at radius 3 is 2.46 bits per heavy atom. The Morgan fingerprint density at radius 1 is 1.38 bits per heavy atom. The predicted octanol–water partition coefficient (Wildman–Crippen LogP) is 0.890. The molecule has 0 N–H and O–H groups in total. The van der Waals surface area contributed by atoms with Crippen molar-refractivity contribution < 1.29 is 9.53 Å². The van der Waals surface area contributed by atoms with Crippen LogP contribution in [0.4, 0.5) is 0 Å². The largest absolute Gasteiger partial charge is 0.378 e. The van der Waals surface area contributed by atoms with Crippen molar-refractivity contribution >= 4 is 5.91 Å². The van der Waals surface area contributed by atoms with Crippen molar-refractivity contribution in [3.63, 3.8) is 0 Å². The van der Waals surface area contributed by atoms with Gasteiger partial charge < -0.3 is 9.64 Å². The first-order chi connectivity index (χ1) is 6.20. The van der Waals surface area contributed by atoms with Crippen LogP contribution in [0.2, 0.25) is 0 Å². The normalized spacial score (nSPS) is 33.8.